The van der Waals surface area contributed by atoms with Crippen LogP contribution in [0.3, 0.4) is 0 Å². The van der Waals surface area contributed by atoms with E-state index in [1.165, 1.54) is 42.8 Å². The largest absolute Gasteiger partial charge is 0.303 e. The average molecular weight is 515 g/mol. The maximum absolute atomic E-state index is 13.9. The van der Waals surface area contributed by atoms with Gasteiger partial charge in [-0.3, -0.25) is 4.79 Å². The molecule has 2 aliphatic rings. The summed E-state index contributed by atoms with van der Waals surface area (Å²) in [6, 6.07) is 7.41. The number of hydrogen-bond acceptors (Lipinski definition) is 7. The highest BCUT2D eigenvalue weighted by Gasteiger charge is 2.27. The standard InChI is InChI=1S/C24H27ClN6OS2/c1-28-11-8-18-19(15-28)34-22-20(18)21(32)30(17-7-5-6-16(25)14-17)23-26-27-24(31(22)23)33-13-12-29-9-3-2-4-10-29/h5-7,14H,2-4,8-13,15H2,1H3. The number of benzene rings is 1. The quantitative estimate of drug-likeness (QED) is 0.370. The van der Waals surface area contributed by atoms with Gasteiger partial charge in [0, 0.05) is 35.3 Å². The number of nitrogens with zero attached hydrogens (tertiary/aromatic N) is 6. The van der Waals surface area contributed by atoms with Gasteiger partial charge >= 0.3 is 0 Å². The lowest BCUT2D eigenvalue weighted by Gasteiger charge is -2.25. The van der Waals surface area contributed by atoms with Gasteiger partial charge in [0.2, 0.25) is 5.78 Å². The molecule has 178 valence electrons. The SMILES string of the molecule is CN1CCc2c(sc3c2c(=O)n(-c2cccc(Cl)c2)c2nnc(SCCN4CCCCC4)n32)C1. The van der Waals surface area contributed by atoms with Gasteiger partial charge in [0.05, 0.1) is 11.1 Å². The summed E-state index contributed by atoms with van der Waals surface area (Å²) < 4.78 is 3.78. The fourth-order valence-corrected chi connectivity index (χ4v) is 7.67. The lowest BCUT2D eigenvalue weighted by atomic mass is 10.1. The zero-order valence-corrected chi connectivity index (χ0v) is 21.6. The predicted octanol–water partition coefficient (Wildman–Crippen LogP) is 4.31. The van der Waals surface area contributed by atoms with Crippen LogP contribution in [0.25, 0.3) is 21.7 Å². The van der Waals surface area contributed by atoms with Crippen molar-refractivity contribution < 1.29 is 0 Å². The van der Waals surface area contributed by atoms with Gasteiger partial charge in [-0.15, -0.1) is 21.5 Å². The van der Waals surface area contributed by atoms with Crippen LogP contribution in [0, 0.1) is 0 Å². The van der Waals surface area contributed by atoms with E-state index < -0.39 is 0 Å². The highest BCUT2D eigenvalue weighted by Crippen LogP contribution is 2.35. The molecule has 3 aromatic heterocycles. The van der Waals surface area contributed by atoms with Gasteiger partial charge in [0.1, 0.15) is 4.83 Å². The first-order chi connectivity index (χ1) is 16.6. The third-order valence-corrected chi connectivity index (χ3v) is 9.17. The van der Waals surface area contributed by atoms with Crippen LogP contribution in [0.5, 0.6) is 0 Å². The molecule has 10 heteroatoms. The van der Waals surface area contributed by atoms with Crippen molar-refractivity contribution in [2.24, 2.45) is 0 Å². The van der Waals surface area contributed by atoms with Gasteiger partial charge in [0.25, 0.3) is 5.56 Å². The smallest absolute Gasteiger partial charge is 0.268 e. The molecule has 0 amide bonds. The fraction of sp³-hybridized carbons (Fsp3) is 0.458. The second-order valence-electron chi connectivity index (χ2n) is 9.16. The number of fused-ring (bicyclic) bond motifs is 5. The van der Waals surface area contributed by atoms with Gasteiger partial charge in [-0.2, -0.15) is 0 Å². The van der Waals surface area contributed by atoms with E-state index in [4.69, 9.17) is 11.6 Å². The molecule has 5 heterocycles. The number of rotatable bonds is 5. The molecule has 1 fully saturated rings. The van der Waals surface area contributed by atoms with Gasteiger partial charge in [-0.05, 0) is 63.2 Å². The summed E-state index contributed by atoms with van der Waals surface area (Å²) in [5.74, 6) is 1.50. The van der Waals surface area contributed by atoms with Crippen molar-refractivity contribution in [3.63, 3.8) is 0 Å². The Bertz CT molecular complexity index is 1420. The molecule has 0 bridgehead atoms. The Morgan fingerprint density at radius 3 is 2.82 bits per heavy atom. The summed E-state index contributed by atoms with van der Waals surface area (Å²) in [5, 5.41) is 11.3. The van der Waals surface area contributed by atoms with Crippen molar-refractivity contribution in [3.8, 4) is 5.69 Å². The molecule has 0 aliphatic carbocycles. The van der Waals surface area contributed by atoms with E-state index in [1.54, 1.807) is 27.7 Å². The fourth-order valence-electron chi connectivity index (χ4n) is 5.07. The van der Waals surface area contributed by atoms with E-state index in [0.717, 1.165) is 52.9 Å². The van der Waals surface area contributed by atoms with Crippen molar-refractivity contribution in [2.75, 3.05) is 39.0 Å². The van der Waals surface area contributed by atoms with Crippen LogP contribution < -0.4 is 5.56 Å². The molecule has 0 atom stereocenters. The first-order valence-electron chi connectivity index (χ1n) is 11.8. The topological polar surface area (TPSA) is 58.7 Å². The Labute approximate surface area is 211 Å². The minimum atomic E-state index is -0.0379. The summed E-state index contributed by atoms with van der Waals surface area (Å²) in [6.45, 7) is 5.23. The summed E-state index contributed by atoms with van der Waals surface area (Å²) in [7, 11) is 2.13. The van der Waals surface area contributed by atoms with Gasteiger partial charge < -0.3 is 9.80 Å². The number of hydrogen-bond donors (Lipinski definition) is 0. The lowest BCUT2D eigenvalue weighted by molar-refractivity contribution is 0.242. The van der Waals surface area contributed by atoms with Crippen molar-refractivity contribution in [2.45, 2.75) is 37.4 Å². The molecular formula is C24H27ClN6OS2. The second kappa shape index (κ2) is 9.28. The van der Waals surface area contributed by atoms with E-state index in [9.17, 15) is 4.79 Å². The van der Waals surface area contributed by atoms with E-state index >= 15 is 0 Å². The molecular weight excluding hydrogens is 488 g/mol. The zero-order valence-electron chi connectivity index (χ0n) is 19.2. The molecule has 2 aliphatic heterocycles. The Balaban J connectivity index is 1.50. The minimum absolute atomic E-state index is 0.0379. The van der Waals surface area contributed by atoms with Crippen LogP contribution >= 0.6 is 34.7 Å². The van der Waals surface area contributed by atoms with E-state index in [1.807, 2.05) is 24.3 Å². The molecule has 0 radical (unpaired) electrons. The van der Waals surface area contributed by atoms with Crippen molar-refractivity contribution in [3.05, 3.63) is 50.1 Å². The van der Waals surface area contributed by atoms with Crippen LogP contribution in [0.1, 0.15) is 29.7 Å². The second-order valence-corrected chi connectivity index (χ2v) is 11.7. The van der Waals surface area contributed by atoms with Crippen molar-refractivity contribution >= 4 is 50.7 Å². The highest BCUT2D eigenvalue weighted by atomic mass is 35.5. The number of thiophene rings is 1. The number of piperidine rings is 1. The van der Waals surface area contributed by atoms with Gasteiger partial charge in [0.15, 0.2) is 5.16 Å². The average Bonchev–Trinajstić information content (AvgIpc) is 3.41. The molecule has 6 rings (SSSR count). The molecule has 34 heavy (non-hydrogen) atoms. The van der Waals surface area contributed by atoms with Crippen molar-refractivity contribution in [1.82, 2.24) is 29.0 Å². The molecule has 0 spiro atoms. The Kier molecular flexibility index (Phi) is 6.15. The monoisotopic (exact) mass is 514 g/mol. The number of aromatic nitrogens is 4. The maximum Gasteiger partial charge on any atom is 0.268 e. The van der Waals surface area contributed by atoms with E-state index in [-0.39, 0.29) is 5.56 Å². The number of likely N-dealkylation sites (tertiary alicyclic amines) is 1. The molecule has 0 N–H and O–H groups in total. The first kappa shape index (κ1) is 22.5. The molecule has 0 saturated carbocycles. The Morgan fingerprint density at radius 2 is 2.00 bits per heavy atom. The normalized spacial score (nSPS) is 17.6. The summed E-state index contributed by atoms with van der Waals surface area (Å²) in [6.07, 6.45) is 4.80. The lowest BCUT2D eigenvalue weighted by Crippen LogP contribution is -2.31. The van der Waals surface area contributed by atoms with E-state index in [2.05, 4.69) is 31.4 Å². The van der Waals surface area contributed by atoms with Gasteiger partial charge in [-0.1, -0.05) is 35.9 Å². The third-order valence-electron chi connectivity index (χ3n) is 6.82. The first-order valence-corrected chi connectivity index (χ1v) is 14.0. The van der Waals surface area contributed by atoms with Crippen LogP contribution in [0.15, 0.2) is 34.2 Å². The van der Waals surface area contributed by atoms with Crippen LogP contribution in [-0.4, -0.2) is 67.9 Å². The summed E-state index contributed by atoms with van der Waals surface area (Å²) >= 11 is 9.74. The molecule has 4 aromatic rings. The minimum Gasteiger partial charge on any atom is -0.303 e. The van der Waals surface area contributed by atoms with Crippen LogP contribution in [-0.2, 0) is 13.0 Å². The Morgan fingerprint density at radius 1 is 1.15 bits per heavy atom. The molecule has 1 saturated heterocycles. The Hall–Kier alpha value is -1.91. The summed E-state index contributed by atoms with van der Waals surface area (Å²) in [5.41, 5.74) is 1.86. The van der Waals surface area contributed by atoms with Gasteiger partial charge in [-0.25, -0.2) is 8.97 Å². The summed E-state index contributed by atoms with van der Waals surface area (Å²) in [4.78, 5) is 21.0. The molecule has 7 nitrogen and oxygen atoms in total. The van der Waals surface area contributed by atoms with Crippen LogP contribution in [0.2, 0.25) is 5.02 Å². The van der Waals surface area contributed by atoms with E-state index in [0.29, 0.717) is 10.8 Å². The number of halogens is 1. The predicted molar refractivity (Wildman–Crippen MR) is 140 cm³/mol. The maximum atomic E-state index is 13.9. The van der Waals surface area contributed by atoms with Crippen molar-refractivity contribution in [1.29, 1.82) is 0 Å². The molecule has 1 aromatic carbocycles. The molecule has 0 unspecified atom stereocenters. The van der Waals surface area contributed by atoms with Crippen LogP contribution in [0.4, 0.5) is 0 Å². The zero-order chi connectivity index (χ0) is 23.2. The number of likely N-dealkylation sites (N-methyl/N-ethyl adjacent to an activating group) is 1. The number of thioether (sulfide) groups is 1. The third kappa shape index (κ3) is 3.97. The highest BCUT2D eigenvalue weighted by molar-refractivity contribution is 7.99.